The smallest absolute Gasteiger partial charge is 0.243 e. The molecule has 1 aliphatic rings. The van der Waals surface area contributed by atoms with E-state index in [1.165, 1.54) is 0 Å². The van der Waals surface area contributed by atoms with Gasteiger partial charge in [0.25, 0.3) is 0 Å². The van der Waals surface area contributed by atoms with Crippen molar-refractivity contribution in [2.45, 2.75) is 39.0 Å². The summed E-state index contributed by atoms with van der Waals surface area (Å²) in [6.07, 6.45) is 1.09. The fourth-order valence-corrected chi connectivity index (χ4v) is 5.18. The van der Waals surface area contributed by atoms with Crippen molar-refractivity contribution < 1.29 is 13.2 Å². The average Bonchev–Trinajstić information content (AvgIpc) is 2.37. The lowest BCUT2D eigenvalue weighted by atomic mass is 9.94. The van der Waals surface area contributed by atoms with Crippen LogP contribution >= 0.6 is 0 Å². The van der Waals surface area contributed by atoms with Crippen LogP contribution in [-0.4, -0.2) is 32.9 Å². The van der Waals surface area contributed by atoms with Crippen molar-refractivity contribution in [3.63, 3.8) is 0 Å². The van der Waals surface area contributed by atoms with Crippen LogP contribution in [0.15, 0.2) is 17.0 Å². The van der Waals surface area contributed by atoms with E-state index in [1.54, 1.807) is 23.5 Å². The minimum atomic E-state index is -3.42. The lowest BCUT2D eigenvalue weighted by Gasteiger charge is -2.34. The molecule has 0 amide bonds. The molecule has 0 aliphatic carbocycles. The first-order valence-corrected chi connectivity index (χ1v) is 8.85. The van der Waals surface area contributed by atoms with Gasteiger partial charge in [-0.05, 0) is 55.4 Å². The van der Waals surface area contributed by atoms with Crippen LogP contribution in [0.4, 0.5) is 0 Å². The molecule has 1 aromatic rings. The predicted octanol–water partition coefficient (Wildman–Crippen LogP) is 2.98. The Morgan fingerprint density at radius 2 is 1.57 bits per heavy atom. The van der Waals surface area contributed by atoms with E-state index in [4.69, 9.17) is 4.74 Å². The molecule has 21 heavy (non-hydrogen) atoms. The Morgan fingerprint density at radius 1 is 1.10 bits per heavy atom. The van der Waals surface area contributed by atoms with Gasteiger partial charge in [-0.2, -0.15) is 4.31 Å². The molecule has 1 saturated heterocycles. The highest BCUT2D eigenvalue weighted by molar-refractivity contribution is 7.89. The maximum atomic E-state index is 12.9. The first kappa shape index (κ1) is 16.3. The Hall–Kier alpha value is -1.07. The topological polar surface area (TPSA) is 46.6 Å². The van der Waals surface area contributed by atoms with Gasteiger partial charge in [0.1, 0.15) is 5.75 Å². The van der Waals surface area contributed by atoms with E-state index in [0.29, 0.717) is 29.8 Å². The number of aryl methyl sites for hydroxylation is 2. The number of hydrogen-bond acceptors (Lipinski definition) is 3. The summed E-state index contributed by atoms with van der Waals surface area (Å²) in [7, 11) is -1.81. The van der Waals surface area contributed by atoms with Crippen molar-refractivity contribution in [2.24, 2.45) is 11.8 Å². The van der Waals surface area contributed by atoms with Crippen molar-refractivity contribution >= 4 is 10.0 Å². The van der Waals surface area contributed by atoms with E-state index in [2.05, 4.69) is 13.8 Å². The number of nitrogens with zero attached hydrogens (tertiary/aromatic N) is 1. The molecule has 1 aliphatic heterocycles. The summed E-state index contributed by atoms with van der Waals surface area (Å²) >= 11 is 0. The van der Waals surface area contributed by atoms with Crippen LogP contribution in [0.3, 0.4) is 0 Å². The molecule has 2 unspecified atom stereocenters. The van der Waals surface area contributed by atoms with Gasteiger partial charge in [0, 0.05) is 13.1 Å². The van der Waals surface area contributed by atoms with E-state index in [9.17, 15) is 8.42 Å². The van der Waals surface area contributed by atoms with Crippen molar-refractivity contribution in [1.29, 1.82) is 0 Å². The summed E-state index contributed by atoms with van der Waals surface area (Å²) in [5.74, 6) is 1.57. The second-order valence-electron chi connectivity index (χ2n) is 6.36. The number of benzene rings is 1. The standard InChI is InChI=1S/C16H25NO3S/c1-11-6-12(2)10-17(9-11)21(18,19)15-7-13(3)16(20-5)14(4)8-15/h7-8,11-12H,6,9-10H2,1-5H3. The van der Waals surface area contributed by atoms with Gasteiger partial charge in [-0.1, -0.05) is 13.8 Å². The molecular weight excluding hydrogens is 286 g/mol. The van der Waals surface area contributed by atoms with Gasteiger partial charge in [-0.25, -0.2) is 8.42 Å². The third-order valence-corrected chi connectivity index (χ3v) is 5.92. The van der Waals surface area contributed by atoms with Gasteiger partial charge in [0.05, 0.1) is 12.0 Å². The quantitative estimate of drug-likeness (QED) is 0.862. The summed E-state index contributed by atoms with van der Waals surface area (Å²) in [5.41, 5.74) is 1.71. The fourth-order valence-electron chi connectivity index (χ4n) is 3.33. The summed E-state index contributed by atoms with van der Waals surface area (Å²) in [4.78, 5) is 0.375. The molecule has 0 N–H and O–H groups in total. The molecule has 0 saturated carbocycles. The first-order valence-electron chi connectivity index (χ1n) is 7.41. The summed E-state index contributed by atoms with van der Waals surface area (Å²) < 4.78 is 32.7. The minimum absolute atomic E-state index is 0.375. The highest BCUT2D eigenvalue weighted by atomic mass is 32.2. The first-order chi connectivity index (χ1) is 9.75. The lowest BCUT2D eigenvalue weighted by Crippen LogP contribution is -2.42. The highest BCUT2D eigenvalue weighted by Gasteiger charge is 2.32. The Labute approximate surface area is 128 Å². The van der Waals surface area contributed by atoms with Crippen LogP contribution in [0.1, 0.15) is 31.4 Å². The predicted molar refractivity (Wildman–Crippen MR) is 84.2 cm³/mol. The summed E-state index contributed by atoms with van der Waals surface area (Å²) in [5, 5.41) is 0. The maximum absolute atomic E-state index is 12.9. The zero-order valence-corrected chi connectivity index (χ0v) is 14.3. The number of ether oxygens (including phenoxy) is 1. The summed E-state index contributed by atoms with van der Waals surface area (Å²) in [6.45, 7) is 9.21. The number of rotatable bonds is 3. The van der Waals surface area contributed by atoms with Gasteiger partial charge in [-0.3, -0.25) is 0 Å². The lowest BCUT2D eigenvalue weighted by molar-refractivity contribution is 0.222. The minimum Gasteiger partial charge on any atom is -0.496 e. The highest BCUT2D eigenvalue weighted by Crippen LogP contribution is 2.31. The maximum Gasteiger partial charge on any atom is 0.243 e. The molecule has 0 bridgehead atoms. The van der Waals surface area contributed by atoms with Gasteiger partial charge in [0.15, 0.2) is 0 Å². The Morgan fingerprint density at radius 3 is 2.00 bits per heavy atom. The van der Waals surface area contributed by atoms with E-state index in [-0.39, 0.29) is 0 Å². The second kappa shape index (κ2) is 5.97. The Bertz CT molecular complexity index is 591. The molecule has 0 aromatic heterocycles. The largest absolute Gasteiger partial charge is 0.496 e. The summed E-state index contributed by atoms with van der Waals surface area (Å²) in [6, 6.07) is 3.43. The van der Waals surface area contributed by atoms with E-state index in [1.807, 2.05) is 13.8 Å². The SMILES string of the molecule is COc1c(C)cc(S(=O)(=O)N2CC(C)CC(C)C2)cc1C. The number of hydrogen-bond donors (Lipinski definition) is 0. The molecule has 1 aromatic carbocycles. The molecule has 1 heterocycles. The van der Waals surface area contributed by atoms with Crippen LogP contribution in [0, 0.1) is 25.7 Å². The molecular formula is C16H25NO3S. The van der Waals surface area contributed by atoms with Crippen LogP contribution in [0.2, 0.25) is 0 Å². The fraction of sp³-hybridized carbons (Fsp3) is 0.625. The van der Waals surface area contributed by atoms with E-state index >= 15 is 0 Å². The van der Waals surface area contributed by atoms with Crippen molar-refractivity contribution in [3.8, 4) is 5.75 Å². The monoisotopic (exact) mass is 311 g/mol. The van der Waals surface area contributed by atoms with Gasteiger partial charge in [0.2, 0.25) is 10.0 Å². The zero-order valence-electron chi connectivity index (χ0n) is 13.5. The molecule has 118 valence electrons. The van der Waals surface area contributed by atoms with Crippen LogP contribution in [0.25, 0.3) is 0 Å². The third-order valence-electron chi connectivity index (χ3n) is 4.11. The molecule has 1 fully saturated rings. The zero-order chi connectivity index (χ0) is 15.8. The molecule has 2 atom stereocenters. The van der Waals surface area contributed by atoms with Crippen molar-refractivity contribution in [3.05, 3.63) is 23.3 Å². The number of piperidine rings is 1. The molecule has 0 radical (unpaired) electrons. The van der Waals surface area contributed by atoms with Crippen molar-refractivity contribution in [2.75, 3.05) is 20.2 Å². The van der Waals surface area contributed by atoms with Crippen LogP contribution in [-0.2, 0) is 10.0 Å². The Kier molecular flexibility index (Phi) is 4.63. The molecule has 5 heteroatoms. The van der Waals surface area contributed by atoms with Crippen LogP contribution < -0.4 is 4.74 Å². The number of sulfonamides is 1. The molecule has 0 spiro atoms. The Balaban J connectivity index is 2.40. The van der Waals surface area contributed by atoms with Crippen molar-refractivity contribution in [1.82, 2.24) is 4.31 Å². The second-order valence-corrected chi connectivity index (χ2v) is 8.30. The molecule has 2 rings (SSSR count). The van der Waals surface area contributed by atoms with Gasteiger partial charge in [-0.15, -0.1) is 0 Å². The van der Waals surface area contributed by atoms with E-state index in [0.717, 1.165) is 23.3 Å². The molecule has 4 nitrogen and oxygen atoms in total. The number of methoxy groups -OCH3 is 1. The van der Waals surface area contributed by atoms with Gasteiger partial charge < -0.3 is 4.74 Å². The third kappa shape index (κ3) is 3.24. The van der Waals surface area contributed by atoms with Crippen LogP contribution in [0.5, 0.6) is 5.75 Å². The average molecular weight is 311 g/mol. The van der Waals surface area contributed by atoms with E-state index < -0.39 is 10.0 Å². The van der Waals surface area contributed by atoms with Gasteiger partial charge >= 0.3 is 0 Å². The normalized spacial score (nSPS) is 24.0.